The highest BCUT2D eigenvalue weighted by molar-refractivity contribution is 7.21. The van der Waals surface area contributed by atoms with Gasteiger partial charge in [-0.1, -0.05) is 11.3 Å². The second kappa shape index (κ2) is 12.1. The average Bonchev–Trinajstić information content (AvgIpc) is 3.74. The van der Waals surface area contributed by atoms with Crippen LogP contribution in [0.4, 0.5) is 4.39 Å². The van der Waals surface area contributed by atoms with Crippen molar-refractivity contribution in [3.8, 4) is 10.8 Å². The quantitative estimate of drug-likeness (QED) is 0.291. The molecule has 4 heterocycles. The fourth-order valence-electron chi connectivity index (χ4n) is 5.62. The van der Waals surface area contributed by atoms with Gasteiger partial charge in [0, 0.05) is 36.6 Å². The second-order valence-electron chi connectivity index (χ2n) is 11.3. The summed E-state index contributed by atoms with van der Waals surface area (Å²) in [7, 11) is 1.44. The summed E-state index contributed by atoms with van der Waals surface area (Å²) in [4.78, 5) is 44.4. The lowest BCUT2D eigenvalue weighted by atomic mass is 10.0. The van der Waals surface area contributed by atoms with Gasteiger partial charge in [-0.05, 0) is 64.8 Å². The number of amides is 1. The van der Waals surface area contributed by atoms with Crippen molar-refractivity contribution in [3.05, 3.63) is 74.4 Å². The number of thiophene rings is 1. The van der Waals surface area contributed by atoms with Crippen LogP contribution in [-0.4, -0.2) is 67.7 Å². The van der Waals surface area contributed by atoms with Crippen molar-refractivity contribution in [2.45, 2.75) is 64.8 Å². The summed E-state index contributed by atoms with van der Waals surface area (Å²) in [6.45, 7) is 7.35. The van der Waals surface area contributed by atoms with Crippen LogP contribution in [0.2, 0.25) is 0 Å². The van der Waals surface area contributed by atoms with Crippen LogP contribution in [0.25, 0.3) is 15.2 Å². The molecule has 11 nitrogen and oxygen atoms in total. The van der Waals surface area contributed by atoms with Crippen LogP contribution in [0.3, 0.4) is 0 Å². The van der Waals surface area contributed by atoms with E-state index in [0.29, 0.717) is 39.8 Å². The molecule has 1 amide bonds. The van der Waals surface area contributed by atoms with Crippen LogP contribution in [0.15, 0.2) is 46.2 Å². The molecule has 3 aromatic heterocycles. The number of aromatic nitrogens is 4. The second-order valence-corrected chi connectivity index (χ2v) is 12.3. The monoisotopic (exact) mass is 613 g/mol. The normalized spacial score (nSPS) is 15.3. The minimum Gasteiger partial charge on any atom is -0.496 e. The lowest BCUT2D eigenvalue weighted by Gasteiger charge is -2.31. The van der Waals surface area contributed by atoms with Crippen molar-refractivity contribution in [2.24, 2.45) is 0 Å². The zero-order chi connectivity index (χ0) is 31.1. The molecule has 0 bridgehead atoms. The first kappa shape index (κ1) is 30.6. The maximum absolute atomic E-state index is 14.5. The molecule has 5 rings (SSSR count). The van der Waals surface area contributed by atoms with Crippen molar-refractivity contribution in [2.75, 3.05) is 26.8 Å². The summed E-state index contributed by atoms with van der Waals surface area (Å²) >= 11 is 1.21. The highest BCUT2D eigenvalue weighted by atomic mass is 32.1. The van der Waals surface area contributed by atoms with Crippen molar-refractivity contribution >= 4 is 27.5 Å². The van der Waals surface area contributed by atoms with Crippen molar-refractivity contribution in [3.63, 3.8) is 0 Å². The Morgan fingerprint density at radius 3 is 2.58 bits per heavy atom. The number of aryl methyl sites for hydroxylation is 1. The minimum absolute atomic E-state index is 0.108. The van der Waals surface area contributed by atoms with Crippen LogP contribution >= 0.6 is 11.3 Å². The number of nitrogens with zero attached hydrogens (tertiary/aromatic N) is 5. The summed E-state index contributed by atoms with van der Waals surface area (Å²) in [5.41, 5.74) is -1.85. The molecule has 1 fully saturated rings. The van der Waals surface area contributed by atoms with E-state index in [9.17, 15) is 23.9 Å². The molecular weight excluding hydrogens is 577 g/mol. The van der Waals surface area contributed by atoms with E-state index in [4.69, 9.17) is 9.47 Å². The topological polar surface area (TPSA) is 121 Å². The zero-order valence-corrected chi connectivity index (χ0v) is 25.7. The zero-order valence-electron chi connectivity index (χ0n) is 24.9. The Labute approximate surface area is 251 Å². The van der Waals surface area contributed by atoms with Gasteiger partial charge in [0.2, 0.25) is 5.91 Å². The highest BCUT2D eigenvalue weighted by Gasteiger charge is 2.39. The predicted molar refractivity (Wildman–Crippen MR) is 161 cm³/mol. The molecule has 1 N–H and O–H groups in total. The maximum Gasteiger partial charge on any atom is 0.333 e. The molecule has 0 saturated carbocycles. The molecule has 2 atom stereocenters. The molecule has 1 aromatic carbocycles. The lowest BCUT2D eigenvalue weighted by molar-refractivity contribution is -0.138. The third-order valence-electron chi connectivity index (χ3n) is 7.80. The van der Waals surface area contributed by atoms with Gasteiger partial charge in [-0.3, -0.25) is 14.2 Å². The molecule has 0 aliphatic carbocycles. The number of hydrogen-bond acceptors (Lipinski definition) is 8. The first-order valence-corrected chi connectivity index (χ1v) is 15.0. The number of carbonyl (C=O) groups is 1. The lowest BCUT2D eigenvalue weighted by Crippen LogP contribution is -2.56. The summed E-state index contributed by atoms with van der Waals surface area (Å²) in [5.74, 6) is -0.517. The number of ether oxygens (including phenoxy) is 2. The molecule has 1 saturated heterocycles. The maximum atomic E-state index is 14.5. The minimum atomic E-state index is -1.50. The third kappa shape index (κ3) is 5.64. The van der Waals surface area contributed by atoms with Gasteiger partial charge in [-0.2, -0.15) is 5.10 Å². The predicted octanol–water partition coefficient (Wildman–Crippen LogP) is 3.36. The van der Waals surface area contributed by atoms with E-state index in [1.165, 1.54) is 41.2 Å². The van der Waals surface area contributed by atoms with E-state index >= 15 is 0 Å². The van der Waals surface area contributed by atoms with Gasteiger partial charge in [0.1, 0.15) is 33.0 Å². The number of aliphatic hydroxyl groups is 1. The number of methoxy groups -OCH3 is 1. The standard InChI is InChI=1S/C30H36FN5O6S/c1-18(37)17-42-23(21-15-20(31)9-10-22(21)41-5)16-34-27-24(19(2)26(43-27)35-14-8-11-32-35)25(38)36(29(34)40)30(3,4)28(39)33-12-6-7-13-33/h8-11,14-15,18,23,37H,6-7,12-13,16-17H2,1-5H3/t18-,23-/m0/s1. The molecule has 13 heteroatoms. The number of likely N-dealkylation sites (tertiary alicyclic amines) is 1. The summed E-state index contributed by atoms with van der Waals surface area (Å²) in [5, 5.41) is 15.3. The number of carbonyl (C=O) groups excluding carboxylic acids is 1. The fourth-order valence-corrected chi connectivity index (χ4v) is 6.86. The summed E-state index contributed by atoms with van der Waals surface area (Å²) < 4.78 is 30.1. The summed E-state index contributed by atoms with van der Waals surface area (Å²) in [6.07, 6.45) is 3.26. The third-order valence-corrected chi connectivity index (χ3v) is 9.11. The number of aliphatic hydroxyl groups excluding tert-OH is 1. The van der Waals surface area contributed by atoms with Crippen LogP contribution in [-0.2, 0) is 21.6 Å². The Bertz CT molecular complexity index is 1750. The Balaban J connectivity index is 1.77. The molecule has 1 aliphatic rings. The Morgan fingerprint density at radius 1 is 1.23 bits per heavy atom. The highest BCUT2D eigenvalue weighted by Crippen LogP contribution is 2.35. The van der Waals surface area contributed by atoms with Crippen LogP contribution in [0, 0.1) is 12.7 Å². The number of halogens is 1. The van der Waals surface area contributed by atoms with E-state index in [1.54, 1.807) is 55.7 Å². The number of fused-ring (bicyclic) bond motifs is 1. The van der Waals surface area contributed by atoms with E-state index in [2.05, 4.69) is 5.10 Å². The van der Waals surface area contributed by atoms with Gasteiger partial charge in [-0.15, -0.1) is 0 Å². The van der Waals surface area contributed by atoms with Gasteiger partial charge < -0.3 is 19.5 Å². The summed E-state index contributed by atoms with van der Waals surface area (Å²) in [6, 6.07) is 5.73. The van der Waals surface area contributed by atoms with Crippen LogP contribution in [0.5, 0.6) is 5.75 Å². The smallest absolute Gasteiger partial charge is 0.333 e. The van der Waals surface area contributed by atoms with Crippen molar-refractivity contribution < 1.29 is 23.8 Å². The van der Waals surface area contributed by atoms with Gasteiger partial charge in [-0.25, -0.2) is 18.4 Å². The molecule has 0 spiro atoms. The molecule has 0 unspecified atom stereocenters. The van der Waals surface area contributed by atoms with E-state index in [-0.39, 0.29) is 24.4 Å². The first-order chi connectivity index (χ1) is 20.4. The Kier molecular flexibility index (Phi) is 8.59. The molecule has 230 valence electrons. The van der Waals surface area contributed by atoms with Crippen molar-refractivity contribution in [1.82, 2.24) is 23.8 Å². The van der Waals surface area contributed by atoms with E-state index < -0.39 is 34.8 Å². The Hall–Kier alpha value is -3.81. The van der Waals surface area contributed by atoms with E-state index in [0.717, 1.165) is 17.4 Å². The van der Waals surface area contributed by atoms with E-state index in [1.807, 2.05) is 0 Å². The molecular formula is C30H36FN5O6S. The van der Waals surface area contributed by atoms with Gasteiger partial charge >= 0.3 is 5.69 Å². The van der Waals surface area contributed by atoms with Gasteiger partial charge in [0.15, 0.2) is 0 Å². The average molecular weight is 614 g/mol. The number of hydrogen-bond donors (Lipinski definition) is 1. The molecule has 4 aromatic rings. The van der Waals surface area contributed by atoms with Crippen molar-refractivity contribution in [1.29, 1.82) is 0 Å². The molecule has 0 radical (unpaired) electrons. The van der Waals surface area contributed by atoms with Gasteiger partial charge in [0.05, 0.1) is 31.8 Å². The van der Waals surface area contributed by atoms with Crippen LogP contribution < -0.4 is 16.0 Å². The molecule has 43 heavy (non-hydrogen) atoms. The van der Waals surface area contributed by atoms with Crippen LogP contribution in [0.1, 0.15) is 50.8 Å². The molecule has 1 aliphatic heterocycles. The SMILES string of the molecule is COc1ccc(F)cc1[C@H](Cn1c(=O)n(C(C)(C)C(=O)N2CCCC2)c(=O)c2c(C)c(-n3cccn3)sc21)OC[C@H](C)O. The largest absolute Gasteiger partial charge is 0.496 e. The Morgan fingerprint density at radius 2 is 1.95 bits per heavy atom. The fraction of sp³-hybridized carbons (Fsp3) is 0.467. The first-order valence-electron chi connectivity index (χ1n) is 14.2. The van der Waals surface area contributed by atoms with Gasteiger partial charge in [0.25, 0.3) is 5.56 Å². The number of rotatable bonds is 10. The number of benzene rings is 1.